The van der Waals surface area contributed by atoms with Crippen molar-refractivity contribution in [2.45, 2.75) is 46.5 Å². The standard InChI is InChI=1S/C14H23NO2/c1-14(2,3)12(16)8-15-13(17)11-7-9-4-5-10(11)6-9/h9-11H,4-8H2,1-3H3,(H,15,17). The number of fused-ring (bicyclic) bond motifs is 2. The molecule has 3 unspecified atom stereocenters. The summed E-state index contributed by atoms with van der Waals surface area (Å²) in [5, 5.41) is 2.83. The lowest BCUT2D eigenvalue weighted by Gasteiger charge is -2.22. The molecule has 0 spiro atoms. The van der Waals surface area contributed by atoms with Crippen molar-refractivity contribution in [1.29, 1.82) is 0 Å². The number of carbonyl (C=O) groups is 2. The second-order valence-corrected chi connectivity index (χ2v) is 6.67. The van der Waals surface area contributed by atoms with Crippen LogP contribution in [0.2, 0.25) is 0 Å². The van der Waals surface area contributed by atoms with Gasteiger partial charge in [-0.05, 0) is 31.1 Å². The van der Waals surface area contributed by atoms with E-state index in [4.69, 9.17) is 0 Å². The molecule has 96 valence electrons. The van der Waals surface area contributed by atoms with Gasteiger partial charge in [0.25, 0.3) is 0 Å². The first-order valence-corrected chi connectivity index (χ1v) is 6.69. The highest BCUT2D eigenvalue weighted by atomic mass is 16.2. The quantitative estimate of drug-likeness (QED) is 0.817. The van der Waals surface area contributed by atoms with E-state index in [1.807, 2.05) is 20.8 Å². The minimum atomic E-state index is -0.359. The molecule has 3 heteroatoms. The van der Waals surface area contributed by atoms with E-state index in [2.05, 4.69) is 5.32 Å². The molecule has 2 saturated carbocycles. The molecule has 2 aliphatic carbocycles. The fraction of sp³-hybridized carbons (Fsp3) is 0.857. The maximum atomic E-state index is 12.0. The van der Waals surface area contributed by atoms with Crippen molar-refractivity contribution >= 4 is 11.7 Å². The lowest BCUT2D eigenvalue weighted by molar-refractivity contribution is -0.131. The van der Waals surface area contributed by atoms with E-state index < -0.39 is 0 Å². The van der Waals surface area contributed by atoms with Gasteiger partial charge in [-0.1, -0.05) is 27.2 Å². The zero-order chi connectivity index (χ0) is 12.6. The van der Waals surface area contributed by atoms with Crippen LogP contribution in [0, 0.1) is 23.2 Å². The van der Waals surface area contributed by atoms with Crippen molar-refractivity contribution in [3.05, 3.63) is 0 Å². The monoisotopic (exact) mass is 237 g/mol. The lowest BCUT2D eigenvalue weighted by atomic mass is 9.87. The maximum absolute atomic E-state index is 12.0. The Morgan fingerprint density at radius 3 is 2.35 bits per heavy atom. The van der Waals surface area contributed by atoms with Gasteiger partial charge in [0, 0.05) is 11.3 Å². The highest BCUT2D eigenvalue weighted by molar-refractivity contribution is 5.90. The van der Waals surface area contributed by atoms with Crippen LogP contribution in [0.1, 0.15) is 46.5 Å². The van der Waals surface area contributed by atoms with E-state index in [0.29, 0.717) is 5.92 Å². The summed E-state index contributed by atoms with van der Waals surface area (Å²) in [5.41, 5.74) is -0.359. The van der Waals surface area contributed by atoms with Gasteiger partial charge in [0.1, 0.15) is 0 Å². The number of nitrogens with one attached hydrogen (secondary N) is 1. The van der Waals surface area contributed by atoms with Gasteiger partial charge in [0.15, 0.2) is 5.78 Å². The third-order valence-corrected chi connectivity index (χ3v) is 4.33. The van der Waals surface area contributed by atoms with Crippen molar-refractivity contribution in [3.63, 3.8) is 0 Å². The van der Waals surface area contributed by atoms with Crippen LogP contribution in [0.5, 0.6) is 0 Å². The summed E-state index contributed by atoms with van der Waals surface area (Å²) in [6.45, 7) is 5.85. The minimum absolute atomic E-state index is 0.106. The summed E-state index contributed by atoms with van der Waals surface area (Å²) in [5.74, 6) is 1.75. The van der Waals surface area contributed by atoms with Crippen LogP contribution in [-0.4, -0.2) is 18.2 Å². The molecule has 2 rings (SSSR count). The van der Waals surface area contributed by atoms with Gasteiger partial charge < -0.3 is 5.32 Å². The molecule has 0 aromatic rings. The van der Waals surface area contributed by atoms with E-state index >= 15 is 0 Å². The molecule has 2 fully saturated rings. The fourth-order valence-corrected chi connectivity index (χ4v) is 3.13. The third-order valence-electron chi connectivity index (χ3n) is 4.33. The van der Waals surface area contributed by atoms with Crippen molar-refractivity contribution in [2.75, 3.05) is 6.54 Å². The molecule has 2 bridgehead atoms. The van der Waals surface area contributed by atoms with Crippen molar-refractivity contribution < 1.29 is 9.59 Å². The molecule has 2 aliphatic rings. The second kappa shape index (κ2) is 4.43. The fourth-order valence-electron chi connectivity index (χ4n) is 3.13. The average molecular weight is 237 g/mol. The molecular weight excluding hydrogens is 214 g/mol. The molecule has 0 saturated heterocycles. The predicted octanol–water partition coefficient (Wildman–Crippen LogP) is 2.15. The summed E-state index contributed by atoms with van der Waals surface area (Å²) in [6.07, 6.45) is 4.77. The number of carbonyl (C=O) groups excluding carboxylic acids is 2. The number of rotatable bonds is 3. The normalized spacial score (nSPS) is 31.6. The molecule has 0 heterocycles. The van der Waals surface area contributed by atoms with Crippen LogP contribution in [0.4, 0.5) is 0 Å². The second-order valence-electron chi connectivity index (χ2n) is 6.67. The predicted molar refractivity (Wildman–Crippen MR) is 66.4 cm³/mol. The molecule has 0 radical (unpaired) electrons. The molecule has 0 aliphatic heterocycles. The van der Waals surface area contributed by atoms with Gasteiger partial charge in [0.2, 0.25) is 5.91 Å². The molecule has 1 N–H and O–H groups in total. The van der Waals surface area contributed by atoms with E-state index in [1.54, 1.807) is 0 Å². The highest BCUT2D eigenvalue weighted by Gasteiger charge is 2.43. The van der Waals surface area contributed by atoms with Crippen LogP contribution in [0.15, 0.2) is 0 Å². The Balaban J connectivity index is 1.80. The van der Waals surface area contributed by atoms with Crippen LogP contribution in [0.3, 0.4) is 0 Å². The Morgan fingerprint density at radius 2 is 1.88 bits per heavy atom. The van der Waals surface area contributed by atoms with Gasteiger partial charge in [-0.15, -0.1) is 0 Å². The average Bonchev–Trinajstić information content (AvgIpc) is 2.85. The van der Waals surface area contributed by atoms with Gasteiger partial charge in [-0.2, -0.15) is 0 Å². The van der Waals surface area contributed by atoms with Gasteiger partial charge >= 0.3 is 0 Å². The number of ketones is 1. The Hall–Kier alpha value is -0.860. The Kier molecular flexibility index (Phi) is 3.28. The van der Waals surface area contributed by atoms with Crippen LogP contribution < -0.4 is 5.32 Å². The van der Waals surface area contributed by atoms with Crippen molar-refractivity contribution in [3.8, 4) is 0 Å². The Morgan fingerprint density at radius 1 is 1.18 bits per heavy atom. The summed E-state index contributed by atoms with van der Waals surface area (Å²) in [4.78, 5) is 23.7. The van der Waals surface area contributed by atoms with Gasteiger partial charge in [-0.25, -0.2) is 0 Å². The maximum Gasteiger partial charge on any atom is 0.223 e. The summed E-state index contributed by atoms with van der Waals surface area (Å²) >= 11 is 0. The van der Waals surface area contributed by atoms with Crippen molar-refractivity contribution in [2.24, 2.45) is 23.2 Å². The first-order valence-electron chi connectivity index (χ1n) is 6.69. The van der Waals surface area contributed by atoms with E-state index in [9.17, 15) is 9.59 Å². The molecule has 3 atom stereocenters. The Bertz CT molecular complexity index is 330. The number of Topliss-reactive ketones (excluding diaryl/α,β-unsaturated/α-hetero) is 1. The first kappa shape index (κ1) is 12.6. The van der Waals surface area contributed by atoms with Crippen LogP contribution >= 0.6 is 0 Å². The molecule has 0 aromatic carbocycles. The summed E-state index contributed by atoms with van der Waals surface area (Å²) < 4.78 is 0. The SMILES string of the molecule is CC(C)(C)C(=O)CNC(=O)C1CC2CCC1C2. The summed E-state index contributed by atoms with van der Waals surface area (Å²) in [6, 6.07) is 0. The van der Waals surface area contributed by atoms with Crippen molar-refractivity contribution in [1.82, 2.24) is 5.32 Å². The minimum Gasteiger partial charge on any atom is -0.349 e. The van der Waals surface area contributed by atoms with E-state index in [1.165, 1.54) is 19.3 Å². The number of hydrogen-bond donors (Lipinski definition) is 1. The molecular formula is C14H23NO2. The first-order chi connectivity index (χ1) is 7.88. The topological polar surface area (TPSA) is 46.2 Å². The lowest BCUT2D eigenvalue weighted by Crippen LogP contribution is -2.39. The molecule has 3 nitrogen and oxygen atoms in total. The van der Waals surface area contributed by atoms with Crippen LogP contribution in [-0.2, 0) is 9.59 Å². The van der Waals surface area contributed by atoms with Gasteiger partial charge in [-0.3, -0.25) is 9.59 Å². The molecule has 17 heavy (non-hydrogen) atoms. The smallest absolute Gasteiger partial charge is 0.223 e. The molecule has 0 aromatic heterocycles. The Labute approximate surface area is 103 Å². The highest BCUT2D eigenvalue weighted by Crippen LogP contribution is 2.48. The van der Waals surface area contributed by atoms with Crippen LogP contribution in [0.25, 0.3) is 0 Å². The third kappa shape index (κ3) is 2.70. The van der Waals surface area contributed by atoms with E-state index in [0.717, 1.165) is 12.3 Å². The summed E-state index contributed by atoms with van der Waals surface area (Å²) in [7, 11) is 0. The van der Waals surface area contributed by atoms with E-state index in [-0.39, 0.29) is 29.6 Å². The largest absolute Gasteiger partial charge is 0.349 e. The number of hydrogen-bond acceptors (Lipinski definition) is 2. The van der Waals surface area contributed by atoms with Gasteiger partial charge in [0.05, 0.1) is 6.54 Å². The molecule has 1 amide bonds. The zero-order valence-electron chi connectivity index (χ0n) is 11.1. The number of amides is 1. The zero-order valence-corrected chi connectivity index (χ0v) is 11.1.